The van der Waals surface area contributed by atoms with E-state index < -0.39 is 6.04 Å². The molecule has 1 aliphatic rings. The monoisotopic (exact) mass is 362 g/mol. The molecule has 0 bridgehead atoms. The molecule has 0 spiro atoms. The van der Waals surface area contributed by atoms with Crippen molar-refractivity contribution in [3.8, 4) is 0 Å². The molecular weight excluding hydrogens is 332 g/mol. The van der Waals surface area contributed by atoms with Crippen LogP contribution < -0.4 is 5.32 Å². The van der Waals surface area contributed by atoms with Crippen LogP contribution in [0.2, 0.25) is 0 Å². The lowest BCUT2D eigenvalue weighted by molar-refractivity contribution is -0.147. The lowest BCUT2D eigenvalue weighted by Crippen LogP contribution is -2.42. The fourth-order valence-corrected chi connectivity index (χ4v) is 3.03. The summed E-state index contributed by atoms with van der Waals surface area (Å²) in [6.45, 7) is 9.58. The Hall–Kier alpha value is -2.31. The average Bonchev–Trinajstić information content (AvgIpc) is 2.93. The van der Waals surface area contributed by atoms with E-state index >= 15 is 0 Å². The first-order valence-electron chi connectivity index (χ1n) is 9.32. The van der Waals surface area contributed by atoms with Gasteiger partial charge in [0.05, 0.1) is 24.5 Å². The molecule has 26 heavy (non-hydrogen) atoms. The largest absolute Gasteiger partial charge is 0.464 e. The van der Waals surface area contributed by atoms with Crippen LogP contribution >= 0.6 is 0 Å². The lowest BCUT2D eigenvalue weighted by atomic mass is 10.0. The van der Waals surface area contributed by atoms with Gasteiger partial charge in [-0.1, -0.05) is 13.8 Å². The van der Waals surface area contributed by atoms with E-state index in [0.29, 0.717) is 31.8 Å². The minimum Gasteiger partial charge on any atom is -0.464 e. The van der Waals surface area contributed by atoms with Crippen LogP contribution in [0.15, 0.2) is 6.20 Å². The van der Waals surface area contributed by atoms with E-state index in [4.69, 9.17) is 4.74 Å². The third-order valence-corrected chi connectivity index (χ3v) is 4.20. The highest BCUT2D eigenvalue weighted by atomic mass is 16.5. The van der Waals surface area contributed by atoms with Crippen molar-refractivity contribution in [1.82, 2.24) is 20.2 Å². The molecule has 7 nitrogen and oxygen atoms in total. The number of hydrogen-bond donors (Lipinski definition) is 2. The topological polar surface area (TPSA) is 87.3 Å². The van der Waals surface area contributed by atoms with E-state index in [1.807, 2.05) is 33.0 Å². The number of nitrogens with zero attached hydrogens (tertiary/aromatic N) is 2. The maximum atomic E-state index is 12.2. The molecule has 2 N–H and O–H groups in total. The summed E-state index contributed by atoms with van der Waals surface area (Å²) in [6.07, 6.45) is 5.72. The summed E-state index contributed by atoms with van der Waals surface area (Å²) in [5, 5.41) is 2.82. The molecule has 0 radical (unpaired) electrons. The van der Waals surface area contributed by atoms with Gasteiger partial charge in [-0.25, -0.2) is 9.78 Å². The van der Waals surface area contributed by atoms with E-state index in [-0.39, 0.29) is 11.9 Å². The van der Waals surface area contributed by atoms with E-state index in [1.165, 1.54) is 0 Å². The fourth-order valence-electron chi connectivity index (χ4n) is 3.03. The molecule has 1 atom stereocenters. The number of hydrogen-bond acceptors (Lipinski definition) is 5. The third kappa shape index (κ3) is 5.89. The molecule has 1 aromatic heterocycles. The number of aromatic nitrogens is 2. The van der Waals surface area contributed by atoms with Crippen LogP contribution in [-0.4, -0.2) is 45.9 Å². The van der Waals surface area contributed by atoms with Gasteiger partial charge in [0.25, 0.3) is 0 Å². The second-order valence-electron chi connectivity index (χ2n) is 7.07. The second-order valence-corrected chi connectivity index (χ2v) is 7.07. The number of ether oxygens (including phenoxy) is 1. The van der Waals surface area contributed by atoms with Gasteiger partial charge in [-0.15, -0.1) is 0 Å². The van der Waals surface area contributed by atoms with Gasteiger partial charge in [0.2, 0.25) is 5.91 Å². The Labute approximate surface area is 155 Å². The van der Waals surface area contributed by atoms with Crippen LogP contribution in [0.4, 0.5) is 0 Å². The Balaban J connectivity index is 1.76. The number of rotatable bonds is 9. The maximum absolute atomic E-state index is 12.2. The molecule has 144 valence electrons. The molecule has 2 heterocycles. The van der Waals surface area contributed by atoms with Gasteiger partial charge in [-0.05, 0) is 38.7 Å². The maximum Gasteiger partial charge on any atom is 0.328 e. The SMILES string of the molecule is CCOC(=O)[C@H](CC(C)C)NC(=O)CCCN1C=Cc2[nH]c(C)nc2C1. The molecule has 1 aromatic rings. The number of aryl methyl sites for hydroxylation is 1. The van der Waals surface area contributed by atoms with Gasteiger partial charge in [0.1, 0.15) is 11.9 Å². The Morgan fingerprint density at radius 2 is 2.19 bits per heavy atom. The number of H-pyrrole nitrogens is 1. The third-order valence-electron chi connectivity index (χ3n) is 4.20. The van der Waals surface area contributed by atoms with Crippen LogP contribution in [0.25, 0.3) is 6.08 Å². The number of aromatic amines is 1. The Bertz CT molecular complexity index is 651. The standard InChI is InChI=1S/C19H30N4O3/c1-5-26-19(25)16(11-13(2)3)22-18(24)7-6-9-23-10-8-15-17(12-23)21-14(4)20-15/h8,10,13,16H,5-7,9,11-12H2,1-4H3,(H,20,21)(H,22,24)/t16-/m0/s1. The van der Waals surface area contributed by atoms with E-state index in [9.17, 15) is 9.59 Å². The minimum absolute atomic E-state index is 0.110. The van der Waals surface area contributed by atoms with Crippen LogP contribution in [0.3, 0.4) is 0 Å². The fraction of sp³-hybridized carbons (Fsp3) is 0.632. The van der Waals surface area contributed by atoms with Crippen LogP contribution in [-0.2, 0) is 20.9 Å². The molecule has 2 rings (SSSR count). The van der Waals surface area contributed by atoms with E-state index in [0.717, 1.165) is 30.3 Å². The number of fused-ring (bicyclic) bond motifs is 1. The van der Waals surface area contributed by atoms with Gasteiger partial charge >= 0.3 is 5.97 Å². The summed E-state index contributed by atoms with van der Waals surface area (Å²) in [5.41, 5.74) is 2.09. The summed E-state index contributed by atoms with van der Waals surface area (Å²) >= 11 is 0. The minimum atomic E-state index is -0.563. The quantitative estimate of drug-likeness (QED) is 0.659. The number of carbonyl (C=O) groups excluding carboxylic acids is 2. The molecule has 0 fully saturated rings. The zero-order chi connectivity index (χ0) is 19.1. The van der Waals surface area contributed by atoms with Crippen molar-refractivity contribution in [3.05, 3.63) is 23.4 Å². The molecular formula is C19H30N4O3. The number of nitrogens with one attached hydrogen (secondary N) is 2. The lowest BCUT2D eigenvalue weighted by Gasteiger charge is -2.23. The van der Waals surface area contributed by atoms with Gasteiger partial charge in [0.15, 0.2) is 0 Å². The van der Waals surface area contributed by atoms with Gasteiger partial charge in [0, 0.05) is 19.2 Å². The molecule has 0 saturated carbocycles. The molecule has 7 heteroatoms. The molecule has 1 amide bonds. The predicted octanol–water partition coefficient (Wildman–Crippen LogP) is 2.38. The summed E-state index contributed by atoms with van der Waals surface area (Å²) in [4.78, 5) is 34.0. The average molecular weight is 362 g/mol. The first-order valence-corrected chi connectivity index (χ1v) is 9.32. The smallest absolute Gasteiger partial charge is 0.328 e. The van der Waals surface area contributed by atoms with Crippen molar-refractivity contribution in [2.45, 2.75) is 59.5 Å². The highest BCUT2D eigenvalue weighted by molar-refractivity contribution is 5.84. The summed E-state index contributed by atoms with van der Waals surface area (Å²) in [6, 6.07) is -0.563. The van der Waals surface area contributed by atoms with Crippen LogP contribution in [0, 0.1) is 12.8 Å². The number of imidazole rings is 1. The summed E-state index contributed by atoms with van der Waals surface area (Å²) in [7, 11) is 0. The van der Waals surface area contributed by atoms with Gasteiger partial charge in [-0.2, -0.15) is 0 Å². The van der Waals surface area contributed by atoms with Crippen LogP contribution in [0.5, 0.6) is 0 Å². The Morgan fingerprint density at radius 3 is 2.88 bits per heavy atom. The predicted molar refractivity (Wildman–Crippen MR) is 100 cm³/mol. The van der Waals surface area contributed by atoms with Gasteiger partial charge < -0.3 is 19.9 Å². The van der Waals surface area contributed by atoms with Crippen molar-refractivity contribution in [2.75, 3.05) is 13.2 Å². The molecule has 0 aliphatic carbocycles. The highest BCUT2D eigenvalue weighted by Gasteiger charge is 2.23. The molecule has 0 saturated heterocycles. The molecule has 1 aliphatic heterocycles. The first-order chi connectivity index (χ1) is 12.4. The molecule has 0 aromatic carbocycles. The van der Waals surface area contributed by atoms with Crippen molar-refractivity contribution in [2.24, 2.45) is 5.92 Å². The summed E-state index contributed by atoms with van der Waals surface area (Å²) < 4.78 is 5.06. The van der Waals surface area contributed by atoms with Crippen molar-refractivity contribution in [1.29, 1.82) is 0 Å². The number of esters is 1. The second kappa shape index (κ2) is 9.40. The highest BCUT2D eigenvalue weighted by Crippen LogP contribution is 2.17. The zero-order valence-corrected chi connectivity index (χ0v) is 16.2. The Kier molecular flexibility index (Phi) is 7.24. The van der Waals surface area contributed by atoms with Gasteiger partial charge in [-0.3, -0.25) is 4.79 Å². The van der Waals surface area contributed by atoms with Crippen molar-refractivity contribution < 1.29 is 14.3 Å². The Morgan fingerprint density at radius 1 is 1.42 bits per heavy atom. The molecule has 0 unspecified atom stereocenters. The number of amides is 1. The summed E-state index contributed by atoms with van der Waals surface area (Å²) in [5.74, 6) is 0.752. The van der Waals surface area contributed by atoms with E-state index in [1.54, 1.807) is 6.92 Å². The van der Waals surface area contributed by atoms with Crippen molar-refractivity contribution in [3.63, 3.8) is 0 Å². The van der Waals surface area contributed by atoms with Crippen LogP contribution in [0.1, 0.15) is 57.2 Å². The normalized spacial score (nSPS) is 14.3. The van der Waals surface area contributed by atoms with E-state index in [2.05, 4.69) is 20.2 Å². The number of carbonyl (C=O) groups is 2. The van der Waals surface area contributed by atoms with Crippen molar-refractivity contribution >= 4 is 18.0 Å². The zero-order valence-electron chi connectivity index (χ0n) is 16.2. The first kappa shape index (κ1) is 20.0.